The zero-order valence-electron chi connectivity index (χ0n) is 17.6. The lowest BCUT2D eigenvalue weighted by Crippen LogP contribution is -2.14. The molecule has 1 heterocycles. The number of halogens is 3. The van der Waals surface area contributed by atoms with Crippen LogP contribution in [0.2, 0.25) is 0 Å². The SMILES string of the molecule is O=C(Nc1ccccn1)c1ccc(NC(=O)c2ccccc2-c2ccc(C(F)(F)F)cc2)cc1. The van der Waals surface area contributed by atoms with E-state index in [0.29, 0.717) is 33.8 Å². The number of aromatic nitrogens is 1. The lowest BCUT2D eigenvalue weighted by atomic mass is 9.98. The maximum atomic E-state index is 12.9. The third-order valence-electron chi connectivity index (χ3n) is 5.01. The fraction of sp³-hybridized carbons (Fsp3) is 0.0385. The number of rotatable bonds is 5. The van der Waals surface area contributed by atoms with Gasteiger partial charge in [0.1, 0.15) is 5.82 Å². The minimum Gasteiger partial charge on any atom is -0.322 e. The first kappa shape index (κ1) is 22.7. The van der Waals surface area contributed by atoms with Crippen molar-refractivity contribution in [3.63, 3.8) is 0 Å². The molecule has 2 N–H and O–H groups in total. The zero-order valence-corrected chi connectivity index (χ0v) is 17.6. The molecule has 0 radical (unpaired) electrons. The van der Waals surface area contributed by atoms with Gasteiger partial charge in [0.05, 0.1) is 5.56 Å². The molecular formula is C26H18F3N3O2. The lowest BCUT2D eigenvalue weighted by Gasteiger charge is -2.12. The van der Waals surface area contributed by atoms with Gasteiger partial charge >= 0.3 is 6.18 Å². The van der Waals surface area contributed by atoms with Gasteiger partial charge in [-0.25, -0.2) is 4.98 Å². The fourth-order valence-electron chi connectivity index (χ4n) is 3.30. The summed E-state index contributed by atoms with van der Waals surface area (Å²) in [6, 6.07) is 22.8. The summed E-state index contributed by atoms with van der Waals surface area (Å²) < 4.78 is 38.6. The number of hydrogen-bond donors (Lipinski definition) is 2. The van der Waals surface area contributed by atoms with Gasteiger partial charge in [0.2, 0.25) is 0 Å². The van der Waals surface area contributed by atoms with Gasteiger partial charge in [-0.2, -0.15) is 13.2 Å². The van der Waals surface area contributed by atoms with Crippen molar-refractivity contribution in [1.82, 2.24) is 4.98 Å². The second-order valence-electron chi connectivity index (χ2n) is 7.32. The Balaban J connectivity index is 1.49. The number of pyridine rings is 1. The first-order chi connectivity index (χ1) is 16.3. The Bertz CT molecular complexity index is 1300. The standard InChI is InChI=1S/C26H18F3N3O2/c27-26(28,29)19-12-8-17(9-13-19)21-5-1-2-6-22(21)25(34)31-20-14-10-18(11-15-20)24(33)32-23-7-3-4-16-30-23/h1-16H,(H,31,34)(H,30,32,33). The van der Waals surface area contributed by atoms with Crippen molar-refractivity contribution >= 4 is 23.3 Å². The van der Waals surface area contributed by atoms with Crippen LogP contribution in [0.3, 0.4) is 0 Å². The van der Waals surface area contributed by atoms with Crippen molar-refractivity contribution in [2.75, 3.05) is 10.6 Å². The highest BCUT2D eigenvalue weighted by Gasteiger charge is 2.30. The van der Waals surface area contributed by atoms with Crippen molar-refractivity contribution in [3.05, 3.63) is 114 Å². The molecule has 5 nitrogen and oxygen atoms in total. The second-order valence-corrected chi connectivity index (χ2v) is 7.32. The Hall–Kier alpha value is -4.46. The van der Waals surface area contributed by atoms with Crippen LogP contribution in [-0.2, 0) is 6.18 Å². The Morgan fingerprint density at radius 3 is 2.03 bits per heavy atom. The van der Waals surface area contributed by atoms with Crippen LogP contribution in [-0.4, -0.2) is 16.8 Å². The number of amides is 2. The number of alkyl halides is 3. The Morgan fingerprint density at radius 2 is 1.38 bits per heavy atom. The molecular weight excluding hydrogens is 443 g/mol. The van der Waals surface area contributed by atoms with Crippen molar-refractivity contribution in [3.8, 4) is 11.1 Å². The summed E-state index contributed by atoms with van der Waals surface area (Å²) in [6.45, 7) is 0. The number of nitrogens with zero attached hydrogens (tertiary/aromatic N) is 1. The van der Waals surface area contributed by atoms with Gasteiger partial charge in [-0.1, -0.05) is 36.4 Å². The van der Waals surface area contributed by atoms with E-state index in [4.69, 9.17) is 0 Å². The number of carbonyl (C=O) groups excluding carboxylic acids is 2. The summed E-state index contributed by atoms with van der Waals surface area (Å²) >= 11 is 0. The van der Waals surface area contributed by atoms with Gasteiger partial charge in [-0.05, 0) is 65.7 Å². The van der Waals surface area contributed by atoms with E-state index in [1.54, 1.807) is 72.9 Å². The predicted octanol–water partition coefficient (Wildman–Crippen LogP) is 6.27. The third-order valence-corrected chi connectivity index (χ3v) is 5.01. The Morgan fingerprint density at radius 1 is 0.706 bits per heavy atom. The van der Waals surface area contributed by atoms with Crippen LogP contribution in [0.25, 0.3) is 11.1 Å². The minimum absolute atomic E-state index is 0.305. The Labute approximate surface area is 193 Å². The highest BCUT2D eigenvalue weighted by Crippen LogP contribution is 2.32. The molecule has 170 valence electrons. The molecule has 4 aromatic rings. The molecule has 0 aliphatic heterocycles. The van der Waals surface area contributed by atoms with Crippen LogP contribution in [0.15, 0.2) is 97.2 Å². The molecule has 0 unspecified atom stereocenters. The summed E-state index contributed by atoms with van der Waals surface area (Å²) in [5, 5.41) is 5.43. The van der Waals surface area contributed by atoms with E-state index in [0.717, 1.165) is 12.1 Å². The molecule has 0 bridgehead atoms. The van der Waals surface area contributed by atoms with Crippen LogP contribution in [0.1, 0.15) is 26.3 Å². The molecule has 0 saturated carbocycles. The summed E-state index contributed by atoms with van der Waals surface area (Å²) in [5.74, 6) is -0.352. The molecule has 8 heteroatoms. The van der Waals surface area contributed by atoms with Crippen LogP contribution >= 0.6 is 0 Å². The van der Waals surface area contributed by atoms with E-state index < -0.39 is 17.6 Å². The predicted molar refractivity (Wildman–Crippen MR) is 123 cm³/mol. The van der Waals surface area contributed by atoms with Gasteiger partial charge in [0.15, 0.2) is 0 Å². The van der Waals surface area contributed by atoms with Crippen molar-refractivity contribution in [2.24, 2.45) is 0 Å². The van der Waals surface area contributed by atoms with Gasteiger partial charge in [0.25, 0.3) is 11.8 Å². The third kappa shape index (κ3) is 5.29. The highest BCUT2D eigenvalue weighted by atomic mass is 19.4. The number of carbonyl (C=O) groups is 2. The number of anilines is 2. The summed E-state index contributed by atoms with van der Waals surface area (Å²) in [7, 11) is 0. The highest BCUT2D eigenvalue weighted by molar-refractivity contribution is 6.09. The van der Waals surface area contributed by atoms with Crippen molar-refractivity contribution in [2.45, 2.75) is 6.18 Å². The summed E-state index contributed by atoms with van der Waals surface area (Å²) in [5.41, 5.74) is 1.38. The molecule has 0 fully saturated rings. The van der Waals surface area contributed by atoms with E-state index in [-0.39, 0.29) is 5.91 Å². The smallest absolute Gasteiger partial charge is 0.322 e. The van der Waals surface area contributed by atoms with E-state index in [1.807, 2.05) is 0 Å². The average molecular weight is 461 g/mol. The van der Waals surface area contributed by atoms with Crippen LogP contribution < -0.4 is 10.6 Å². The lowest BCUT2D eigenvalue weighted by molar-refractivity contribution is -0.137. The number of nitrogens with one attached hydrogen (secondary N) is 2. The molecule has 0 spiro atoms. The van der Waals surface area contributed by atoms with E-state index in [9.17, 15) is 22.8 Å². The fourth-order valence-corrected chi connectivity index (χ4v) is 3.30. The molecule has 0 aliphatic rings. The molecule has 4 rings (SSSR count). The average Bonchev–Trinajstić information content (AvgIpc) is 2.84. The number of benzene rings is 3. The van der Waals surface area contributed by atoms with Gasteiger partial charge < -0.3 is 10.6 Å². The van der Waals surface area contributed by atoms with Gasteiger partial charge in [0, 0.05) is 23.0 Å². The van der Waals surface area contributed by atoms with Crippen LogP contribution in [0, 0.1) is 0 Å². The van der Waals surface area contributed by atoms with Gasteiger partial charge in [-0.3, -0.25) is 9.59 Å². The quantitative estimate of drug-likeness (QED) is 0.368. The molecule has 3 aromatic carbocycles. The summed E-state index contributed by atoms with van der Waals surface area (Å²) in [4.78, 5) is 29.3. The Kier molecular flexibility index (Phi) is 6.40. The first-order valence-electron chi connectivity index (χ1n) is 10.2. The zero-order chi connectivity index (χ0) is 24.1. The van der Waals surface area contributed by atoms with Crippen molar-refractivity contribution < 1.29 is 22.8 Å². The summed E-state index contributed by atoms with van der Waals surface area (Å²) in [6.07, 6.45) is -2.87. The van der Waals surface area contributed by atoms with E-state index >= 15 is 0 Å². The second kappa shape index (κ2) is 9.58. The monoisotopic (exact) mass is 461 g/mol. The first-order valence-corrected chi connectivity index (χ1v) is 10.2. The minimum atomic E-state index is -4.43. The molecule has 0 aliphatic carbocycles. The molecule has 2 amide bonds. The van der Waals surface area contributed by atoms with Crippen LogP contribution in [0.4, 0.5) is 24.7 Å². The van der Waals surface area contributed by atoms with E-state index in [2.05, 4.69) is 15.6 Å². The molecule has 0 saturated heterocycles. The number of hydrogen-bond acceptors (Lipinski definition) is 3. The molecule has 34 heavy (non-hydrogen) atoms. The van der Waals surface area contributed by atoms with Gasteiger partial charge in [-0.15, -0.1) is 0 Å². The molecule has 0 atom stereocenters. The normalized spacial score (nSPS) is 11.0. The maximum absolute atomic E-state index is 12.9. The maximum Gasteiger partial charge on any atom is 0.416 e. The van der Waals surface area contributed by atoms with E-state index in [1.165, 1.54) is 12.1 Å². The van der Waals surface area contributed by atoms with Crippen molar-refractivity contribution in [1.29, 1.82) is 0 Å². The largest absolute Gasteiger partial charge is 0.416 e. The topological polar surface area (TPSA) is 71.1 Å². The molecule has 1 aromatic heterocycles. The van der Waals surface area contributed by atoms with Crippen LogP contribution in [0.5, 0.6) is 0 Å².